The second-order valence-corrected chi connectivity index (χ2v) is 7.58. The number of benzene rings is 1. The van der Waals surface area contributed by atoms with Crippen molar-refractivity contribution >= 4 is 40.4 Å². The van der Waals surface area contributed by atoms with E-state index in [1.165, 1.54) is 19.2 Å². The normalized spacial score (nSPS) is 11.9. The average Bonchev–Trinajstić information content (AvgIpc) is 2.69. The van der Waals surface area contributed by atoms with Crippen molar-refractivity contribution in [3.05, 3.63) is 57.5 Å². The molecule has 0 aliphatic carbocycles. The van der Waals surface area contributed by atoms with Crippen molar-refractivity contribution in [1.29, 1.82) is 0 Å². The van der Waals surface area contributed by atoms with Crippen LogP contribution in [0.3, 0.4) is 0 Å². The molecule has 11 heteroatoms. The van der Waals surface area contributed by atoms with Gasteiger partial charge in [0.25, 0.3) is 5.56 Å². The van der Waals surface area contributed by atoms with Gasteiger partial charge in [-0.25, -0.2) is 23.5 Å². The number of halogens is 2. The number of aromatic amines is 1. The molecule has 2 N–H and O–H groups in total. The number of carbonyl (C=O) groups excluding carboxylic acids is 2. The molecule has 0 radical (unpaired) electrons. The topological polar surface area (TPSA) is 114 Å². The first-order chi connectivity index (χ1) is 14.2. The zero-order valence-corrected chi connectivity index (χ0v) is 16.9. The standard InChI is InChI=1S/C19H16F2N4O4S/c1-8-6-11(18(28)29-3)14-15(22-8)24-19(25-17(14)27)30-9(2)16(26)23-10-4-5-12(20)13(21)7-10/h4-7,9H,1-3H3,(H,23,26)(H,22,24,25,27). The number of nitrogens with one attached hydrogen (secondary N) is 2. The van der Waals surface area contributed by atoms with Crippen LogP contribution in [0.4, 0.5) is 14.5 Å². The fraction of sp³-hybridized carbons (Fsp3) is 0.211. The Bertz CT molecular complexity index is 1220. The third-order valence-electron chi connectivity index (χ3n) is 4.03. The quantitative estimate of drug-likeness (QED) is 0.361. The molecule has 0 saturated carbocycles. The van der Waals surface area contributed by atoms with Crippen molar-refractivity contribution in [3.63, 3.8) is 0 Å². The van der Waals surface area contributed by atoms with Crippen molar-refractivity contribution in [2.75, 3.05) is 12.4 Å². The molecule has 0 fully saturated rings. The van der Waals surface area contributed by atoms with Crippen LogP contribution >= 0.6 is 11.8 Å². The highest BCUT2D eigenvalue weighted by Crippen LogP contribution is 2.23. The van der Waals surface area contributed by atoms with Crippen LogP contribution in [-0.2, 0) is 9.53 Å². The minimum absolute atomic E-state index is 0.0179. The lowest BCUT2D eigenvalue weighted by Gasteiger charge is -2.12. The minimum Gasteiger partial charge on any atom is -0.465 e. The van der Waals surface area contributed by atoms with Crippen molar-refractivity contribution in [2.24, 2.45) is 0 Å². The number of hydrogen-bond acceptors (Lipinski definition) is 7. The molecule has 3 rings (SSSR count). The highest BCUT2D eigenvalue weighted by atomic mass is 32.2. The van der Waals surface area contributed by atoms with Gasteiger partial charge in [0, 0.05) is 17.4 Å². The number of ether oxygens (including phenoxy) is 1. The Morgan fingerprint density at radius 3 is 2.60 bits per heavy atom. The summed E-state index contributed by atoms with van der Waals surface area (Å²) in [6.45, 7) is 3.19. The van der Waals surface area contributed by atoms with Gasteiger partial charge in [0.1, 0.15) is 0 Å². The van der Waals surface area contributed by atoms with Crippen molar-refractivity contribution in [2.45, 2.75) is 24.3 Å². The van der Waals surface area contributed by atoms with E-state index in [0.29, 0.717) is 5.69 Å². The number of carbonyl (C=O) groups is 2. The molecule has 0 aliphatic heterocycles. The molecular weight excluding hydrogens is 418 g/mol. The SMILES string of the molecule is COC(=O)c1cc(C)nc2nc(SC(C)C(=O)Nc3ccc(F)c(F)c3)[nH]c(=O)c12. The summed E-state index contributed by atoms with van der Waals surface area (Å²) in [5.74, 6) is -3.32. The summed E-state index contributed by atoms with van der Waals surface area (Å²) in [6, 6.07) is 4.42. The molecule has 1 aromatic carbocycles. The third kappa shape index (κ3) is 4.46. The molecule has 1 unspecified atom stereocenters. The summed E-state index contributed by atoms with van der Waals surface area (Å²) in [7, 11) is 1.20. The van der Waals surface area contributed by atoms with Crippen LogP contribution < -0.4 is 10.9 Å². The number of amides is 1. The number of nitrogens with zero attached hydrogens (tertiary/aromatic N) is 2. The number of aromatic nitrogens is 3. The summed E-state index contributed by atoms with van der Waals surface area (Å²) in [5, 5.41) is 1.80. The van der Waals surface area contributed by atoms with Gasteiger partial charge in [-0.3, -0.25) is 9.59 Å². The molecule has 0 aliphatic rings. The summed E-state index contributed by atoms with van der Waals surface area (Å²) < 4.78 is 31.0. The maximum absolute atomic E-state index is 13.3. The number of esters is 1. The van der Waals surface area contributed by atoms with Gasteiger partial charge in [0.05, 0.1) is 23.3 Å². The largest absolute Gasteiger partial charge is 0.465 e. The number of anilines is 1. The van der Waals surface area contributed by atoms with Gasteiger partial charge in [-0.1, -0.05) is 11.8 Å². The van der Waals surface area contributed by atoms with Crippen LogP contribution in [0.2, 0.25) is 0 Å². The van der Waals surface area contributed by atoms with Crippen LogP contribution in [0.5, 0.6) is 0 Å². The first-order valence-corrected chi connectivity index (χ1v) is 9.50. The summed E-state index contributed by atoms with van der Waals surface area (Å²) >= 11 is 0.930. The predicted molar refractivity (Wildman–Crippen MR) is 107 cm³/mol. The maximum atomic E-state index is 13.3. The minimum atomic E-state index is -1.09. The lowest BCUT2D eigenvalue weighted by atomic mass is 10.1. The summed E-state index contributed by atoms with van der Waals surface area (Å²) in [4.78, 5) is 47.8. The smallest absolute Gasteiger partial charge is 0.338 e. The Labute approximate surface area is 173 Å². The Morgan fingerprint density at radius 1 is 1.20 bits per heavy atom. The third-order valence-corrected chi connectivity index (χ3v) is 5.02. The number of pyridine rings is 1. The zero-order chi connectivity index (χ0) is 22.0. The van der Waals surface area contributed by atoms with E-state index in [-0.39, 0.29) is 27.4 Å². The highest BCUT2D eigenvalue weighted by Gasteiger charge is 2.20. The Hall–Kier alpha value is -3.34. The van der Waals surface area contributed by atoms with E-state index < -0.39 is 34.3 Å². The van der Waals surface area contributed by atoms with Crippen molar-refractivity contribution in [1.82, 2.24) is 15.0 Å². The van der Waals surface area contributed by atoms with E-state index in [9.17, 15) is 23.2 Å². The van der Waals surface area contributed by atoms with E-state index >= 15 is 0 Å². The van der Waals surface area contributed by atoms with E-state index in [0.717, 1.165) is 23.9 Å². The monoisotopic (exact) mass is 434 g/mol. The summed E-state index contributed by atoms with van der Waals surface area (Å²) in [6.07, 6.45) is 0. The van der Waals surface area contributed by atoms with Crippen molar-refractivity contribution in [3.8, 4) is 0 Å². The van der Waals surface area contributed by atoms with Crippen LogP contribution in [0.1, 0.15) is 23.0 Å². The van der Waals surface area contributed by atoms with Gasteiger partial charge < -0.3 is 15.0 Å². The number of hydrogen-bond donors (Lipinski definition) is 2. The molecule has 1 atom stereocenters. The molecule has 0 saturated heterocycles. The van der Waals surface area contributed by atoms with Crippen molar-refractivity contribution < 1.29 is 23.1 Å². The molecule has 8 nitrogen and oxygen atoms in total. The second kappa shape index (κ2) is 8.57. The number of thioether (sulfide) groups is 1. The van der Waals surface area contributed by atoms with Gasteiger partial charge in [-0.15, -0.1) is 0 Å². The first kappa shape index (κ1) is 21.4. The number of rotatable bonds is 5. The van der Waals surface area contributed by atoms with Gasteiger partial charge >= 0.3 is 5.97 Å². The molecule has 156 valence electrons. The zero-order valence-electron chi connectivity index (χ0n) is 16.1. The molecule has 1 amide bonds. The van der Waals surface area contributed by atoms with Crippen LogP contribution in [0, 0.1) is 18.6 Å². The fourth-order valence-electron chi connectivity index (χ4n) is 2.61. The number of aryl methyl sites for hydroxylation is 1. The van der Waals surface area contributed by atoms with Gasteiger partial charge in [0.2, 0.25) is 5.91 Å². The Morgan fingerprint density at radius 2 is 1.93 bits per heavy atom. The molecule has 3 aromatic rings. The van der Waals surface area contributed by atoms with E-state index in [1.807, 2.05) is 0 Å². The predicted octanol–water partition coefficient (Wildman–Crippen LogP) is 2.81. The van der Waals surface area contributed by atoms with E-state index in [2.05, 4.69) is 20.3 Å². The highest BCUT2D eigenvalue weighted by molar-refractivity contribution is 8.00. The van der Waals surface area contributed by atoms with Gasteiger partial charge in [0.15, 0.2) is 22.4 Å². The van der Waals surface area contributed by atoms with Crippen LogP contribution in [0.15, 0.2) is 34.2 Å². The molecular formula is C19H16F2N4O4S. The van der Waals surface area contributed by atoms with Gasteiger partial charge in [-0.05, 0) is 32.0 Å². The summed E-state index contributed by atoms with van der Waals surface area (Å²) in [5.41, 5.74) is 0.0142. The molecule has 0 spiro atoms. The van der Waals surface area contributed by atoms with E-state index in [1.54, 1.807) is 13.8 Å². The molecule has 2 aromatic heterocycles. The Kier molecular flexibility index (Phi) is 6.11. The lowest BCUT2D eigenvalue weighted by molar-refractivity contribution is -0.115. The number of H-pyrrole nitrogens is 1. The maximum Gasteiger partial charge on any atom is 0.338 e. The molecule has 0 bridgehead atoms. The second-order valence-electron chi connectivity index (χ2n) is 6.25. The number of methoxy groups -OCH3 is 1. The van der Waals surface area contributed by atoms with Crippen LogP contribution in [0.25, 0.3) is 11.0 Å². The molecule has 2 heterocycles. The molecule has 30 heavy (non-hydrogen) atoms. The van der Waals surface area contributed by atoms with Gasteiger partial charge in [-0.2, -0.15) is 0 Å². The fourth-order valence-corrected chi connectivity index (χ4v) is 3.40. The van der Waals surface area contributed by atoms with Crippen LogP contribution in [-0.4, -0.2) is 39.2 Å². The number of fused-ring (bicyclic) bond motifs is 1. The first-order valence-electron chi connectivity index (χ1n) is 8.62. The van der Waals surface area contributed by atoms with E-state index in [4.69, 9.17) is 4.74 Å². The average molecular weight is 434 g/mol. The lowest BCUT2D eigenvalue weighted by Crippen LogP contribution is -2.23. The Balaban J connectivity index is 1.86.